The van der Waals surface area contributed by atoms with Gasteiger partial charge < -0.3 is 15.8 Å². The number of rotatable bonds is 8. The van der Waals surface area contributed by atoms with Crippen molar-refractivity contribution in [3.05, 3.63) is 0 Å². The standard InChI is InChI=1S/C17H35N3O/c1-5-14-8-10-15(11-9-14)20(4)13-7-6-12-17(2,3)16(18)19-21/h14-15,21H,5-13H2,1-4H3,(H2,18,19). The van der Waals surface area contributed by atoms with E-state index >= 15 is 0 Å². The third-order valence-electron chi connectivity index (χ3n) is 5.38. The van der Waals surface area contributed by atoms with Crippen molar-refractivity contribution in [3.8, 4) is 0 Å². The highest BCUT2D eigenvalue weighted by Gasteiger charge is 2.24. The van der Waals surface area contributed by atoms with E-state index in [0.717, 1.165) is 31.3 Å². The minimum atomic E-state index is -0.202. The molecule has 1 rings (SSSR count). The molecule has 0 amide bonds. The largest absolute Gasteiger partial charge is 0.409 e. The minimum Gasteiger partial charge on any atom is -0.409 e. The number of amidine groups is 1. The van der Waals surface area contributed by atoms with Crippen molar-refractivity contribution in [2.24, 2.45) is 22.2 Å². The van der Waals surface area contributed by atoms with Crippen LogP contribution in [0.2, 0.25) is 0 Å². The van der Waals surface area contributed by atoms with E-state index in [-0.39, 0.29) is 5.41 Å². The van der Waals surface area contributed by atoms with Gasteiger partial charge in [0.05, 0.1) is 0 Å². The molecule has 3 N–H and O–H groups in total. The number of hydrogen-bond donors (Lipinski definition) is 2. The molecule has 4 nitrogen and oxygen atoms in total. The molecule has 0 saturated heterocycles. The van der Waals surface area contributed by atoms with Crippen molar-refractivity contribution in [3.63, 3.8) is 0 Å². The maximum Gasteiger partial charge on any atom is 0.144 e. The second-order valence-electron chi connectivity index (χ2n) is 7.39. The highest BCUT2D eigenvalue weighted by Crippen LogP contribution is 2.29. The zero-order valence-corrected chi connectivity index (χ0v) is 14.4. The summed E-state index contributed by atoms with van der Waals surface area (Å²) < 4.78 is 0. The Morgan fingerprint density at radius 3 is 2.38 bits per heavy atom. The second kappa shape index (κ2) is 8.62. The average Bonchev–Trinajstić information content (AvgIpc) is 2.50. The van der Waals surface area contributed by atoms with Gasteiger partial charge in [-0.3, -0.25) is 0 Å². The summed E-state index contributed by atoms with van der Waals surface area (Å²) in [7, 11) is 2.27. The van der Waals surface area contributed by atoms with Gasteiger partial charge in [-0.1, -0.05) is 38.8 Å². The van der Waals surface area contributed by atoms with Crippen molar-refractivity contribution >= 4 is 5.84 Å². The third-order valence-corrected chi connectivity index (χ3v) is 5.38. The fourth-order valence-electron chi connectivity index (χ4n) is 3.37. The van der Waals surface area contributed by atoms with Crippen molar-refractivity contribution < 1.29 is 5.21 Å². The minimum absolute atomic E-state index is 0.202. The van der Waals surface area contributed by atoms with Crippen LogP contribution in [0, 0.1) is 11.3 Å². The van der Waals surface area contributed by atoms with E-state index in [2.05, 4.69) is 24.0 Å². The molecule has 0 unspecified atom stereocenters. The van der Waals surface area contributed by atoms with Gasteiger partial charge in [-0.05, 0) is 58.0 Å². The molecule has 1 aliphatic rings. The normalized spacial score (nSPS) is 24.5. The lowest BCUT2D eigenvalue weighted by Crippen LogP contribution is -2.36. The fraction of sp³-hybridized carbons (Fsp3) is 0.941. The lowest BCUT2D eigenvalue weighted by molar-refractivity contribution is 0.160. The summed E-state index contributed by atoms with van der Waals surface area (Å²) in [6.45, 7) is 7.56. The molecule has 0 bridgehead atoms. The number of unbranched alkanes of at least 4 members (excludes halogenated alkanes) is 1. The zero-order chi connectivity index (χ0) is 15.9. The Morgan fingerprint density at radius 2 is 1.86 bits per heavy atom. The van der Waals surface area contributed by atoms with Crippen LogP contribution >= 0.6 is 0 Å². The fourth-order valence-corrected chi connectivity index (χ4v) is 3.37. The van der Waals surface area contributed by atoms with Gasteiger partial charge in [-0.15, -0.1) is 0 Å². The molecule has 21 heavy (non-hydrogen) atoms. The Labute approximate surface area is 130 Å². The molecule has 1 fully saturated rings. The van der Waals surface area contributed by atoms with E-state index in [4.69, 9.17) is 10.9 Å². The highest BCUT2D eigenvalue weighted by atomic mass is 16.4. The topological polar surface area (TPSA) is 61.8 Å². The monoisotopic (exact) mass is 297 g/mol. The molecule has 0 aliphatic heterocycles. The van der Waals surface area contributed by atoms with Crippen LogP contribution in [0.15, 0.2) is 5.16 Å². The lowest BCUT2D eigenvalue weighted by atomic mass is 9.84. The molecule has 0 aromatic rings. The molecule has 1 aliphatic carbocycles. The molecule has 124 valence electrons. The molecule has 0 atom stereocenters. The quantitative estimate of drug-likeness (QED) is 0.235. The Kier molecular flexibility index (Phi) is 7.50. The van der Waals surface area contributed by atoms with Crippen molar-refractivity contribution in [2.75, 3.05) is 13.6 Å². The van der Waals surface area contributed by atoms with Gasteiger partial charge in [0.2, 0.25) is 0 Å². The van der Waals surface area contributed by atoms with Crippen LogP contribution < -0.4 is 5.73 Å². The number of oxime groups is 1. The van der Waals surface area contributed by atoms with Crippen LogP contribution in [-0.4, -0.2) is 35.6 Å². The van der Waals surface area contributed by atoms with Crippen LogP contribution in [0.25, 0.3) is 0 Å². The highest BCUT2D eigenvalue weighted by molar-refractivity contribution is 5.85. The summed E-state index contributed by atoms with van der Waals surface area (Å²) in [4.78, 5) is 2.54. The zero-order valence-electron chi connectivity index (χ0n) is 14.4. The molecule has 0 aromatic carbocycles. The number of nitrogens with two attached hydrogens (primary N) is 1. The summed E-state index contributed by atoms with van der Waals surface area (Å²) in [5.74, 6) is 1.31. The Hall–Kier alpha value is -0.770. The van der Waals surface area contributed by atoms with E-state index in [1.807, 2.05) is 13.8 Å². The summed E-state index contributed by atoms with van der Waals surface area (Å²) in [5.41, 5.74) is 5.52. The van der Waals surface area contributed by atoms with Crippen molar-refractivity contribution in [1.82, 2.24) is 4.90 Å². The van der Waals surface area contributed by atoms with Gasteiger partial charge in [0.15, 0.2) is 0 Å². The summed E-state index contributed by atoms with van der Waals surface area (Å²) >= 11 is 0. The first-order chi connectivity index (χ1) is 9.90. The van der Waals surface area contributed by atoms with E-state index in [1.54, 1.807) is 0 Å². The summed E-state index contributed by atoms with van der Waals surface area (Å²) in [5, 5.41) is 11.9. The van der Waals surface area contributed by atoms with Gasteiger partial charge >= 0.3 is 0 Å². The Balaban J connectivity index is 2.21. The van der Waals surface area contributed by atoms with Gasteiger partial charge in [0.1, 0.15) is 5.84 Å². The first-order valence-corrected chi connectivity index (χ1v) is 8.59. The maximum atomic E-state index is 8.78. The van der Waals surface area contributed by atoms with Crippen molar-refractivity contribution in [1.29, 1.82) is 0 Å². The molecular formula is C17H35N3O. The van der Waals surface area contributed by atoms with E-state index < -0.39 is 0 Å². The van der Waals surface area contributed by atoms with Gasteiger partial charge in [0, 0.05) is 11.5 Å². The van der Waals surface area contributed by atoms with Crippen molar-refractivity contribution in [2.45, 2.75) is 78.2 Å². The molecule has 0 spiro atoms. The van der Waals surface area contributed by atoms with E-state index in [9.17, 15) is 0 Å². The molecule has 0 heterocycles. The van der Waals surface area contributed by atoms with Gasteiger partial charge in [-0.2, -0.15) is 0 Å². The predicted octanol–water partition coefficient (Wildman–Crippen LogP) is 3.83. The smallest absolute Gasteiger partial charge is 0.144 e. The second-order valence-corrected chi connectivity index (χ2v) is 7.39. The summed E-state index contributed by atoms with van der Waals surface area (Å²) in [6.07, 6.45) is 10.2. The van der Waals surface area contributed by atoms with Crippen LogP contribution in [0.3, 0.4) is 0 Å². The number of nitrogens with zero attached hydrogens (tertiary/aromatic N) is 2. The van der Waals surface area contributed by atoms with Crippen LogP contribution in [-0.2, 0) is 0 Å². The van der Waals surface area contributed by atoms with Gasteiger partial charge in [-0.25, -0.2) is 0 Å². The summed E-state index contributed by atoms with van der Waals surface area (Å²) in [6, 6.07) is 0.782. The first kappa shape index (κ1) is 18.3. The lowest BCUT2D eigenvalue weighted by Gasteiger charge is -2.34. The van der Waals surface area contributed by atoms with E-state index in [1.165, 1.54) is 38.5 Å². The molecule has 4 heteroatoms. The number of hydrogen-bond acceptors (Lipinski definition) is 3. The first-order valence-electron chi connectivity index (χ1n) is 8.59. The maximum absolute atomic E-state index is 8.78. The third kappa shape index (κ3) is 5.85. The Bertz CT molecular complexity index is 320. The molecule has 0 aromatic heterocycles. The predicted molar refractivity (Wildman–Crippen MR) is 89.7 cm³/mol. The molecule has 1 saturated carbocycles. The van der Waals surface area contributed by atoms with Crippen LogP contribution in [0.4, 0.5) is 0 Å². The molecular weight excluding hydrogens is 262 g/mol. The SMILES string of the molecule is CCC1CCC(N(C)CCCCC(C)(C)C(N)=NO)CC1. The average molecular weight is 297 g/mol. The van der Waals surface area contributed by atoms with E-state index in [0.29, 0.717) is 5.84 Å². The van der Waals surface area contributed by atoms with Gasteiger partial charge in [0.25, 0.3) is 0 Å². The van der Waals surface area contributed by atoms with Crippen LogP contribution in [0.5, 0.6) is 0 Å². The molecule has 0 radical (unpaired) electrons. The van der Waals surface area contributed by atoms with Crippen LogP contribution in [0.1, 0.15) is 72.1 Å². The Morgan fingerprint density at radius 1 is 1.24 bits per heavy atom.